The Bertz CT molecular complexity index is 488. The van der Waals surface area contributed by atoms with Crippen LogP contribution in [-0.2, 0) is 16.0 Å². The number of rotatable bonds is 3. The second kappa shape index (κ2) is 5.08. The Morgan fingerprint density at radius 3 is 2.84 bits per heavy atom. The highest BCUT2D eigenvalue weighted by Gasteiger charge is 2.30. The summed E-state index contributed by atoms with van der Waals surface area (Å²) in [5, 5.41) is 0. The number of ether oxygens (including phenoxy) is 1. The number of hydrogen-bond donors (Lipinski definition) is 1. The first-order valence-electron chi connectivity index (χ1n) is 5.71. The molecule has 1 aliphatic heterocycles. The molecule has 0 spiro atoms. The van der Waals surface area contributed by atoms with Gasteiger partial charge in [-0.3, -0.25) is 4.79 Å². The zero-order chi connectivity index (χ0) is 14.0. The lowest BCUT2D eigenvalue weighted by molar-refractivity contribution is -0.175. The van der Waals surface area contributed by atoms with Crippen LogP contribution < -0.4 is 10.6 Å². The number of alkyl halides is 3. The molecule has 0 saturated heterocycles. The van der Waals surface area contributed by atoms with E-state index in [0.29, 0.717) is 24.3 Å². The third-order valence-corrected chi connectivity index (χ3v) is 2.86. The van der Waals surface area contributed by atoms with Crippen molar-refractivity contribution in [3.05, 3.63) is 23.8 Å². The lowest BCUT2D eigenvalue weighted by Crippen LogP contribution is -2.33. The smallest absolute Gasteiger partial charge is 0.398 e. The first kappa shape index (κ1) is 13.7. The van der Waals surface area contributed by atoms with E-state index >= 15 is 0 Å². The van der Waals surface area contributed by atoms with E-state index in [1.165, 1.54) is 4.90 Å². The molecule has 19 heavy (non-hydrogen) atoms. The minimum Gasteiger partial charge on any atom is -0.398 e. The summed E-state index contributed by atoms with van der Waals surface area (Å²) in [5.41, 5.74) is 7.87. The van der Waals surface area contributed by atoms with Crippen LogP contribution in [0.5, 0.6) is 0 Å². The third-order valence-electron chi connectivity index (χ3n) is 2.86. The van der Waals surface area contributed by atoms with Crippen LogP contribution in [0.25, 0.3) is 0 Å². The summed E-state index contributed by atoms with van der Waals surface area (Å²) >= 11 is 0. The van der Waals surface area contributed by atoms with E-state index in [-0.39, 0.29) is 0 Å². The second-order valence-corrected chi connectivity index (χ2v) is 4.25. The van der Waals surface area contributed by atoms with Crippen molar-refractivity contribution in [1.29, 1.82) is 0 Å². The zero-order valence-electron chi connectivity index (χ0n) is 10.0. The van der Waals surface area contributed by atoms with Gasteiger partial charge < -0.3 is 15.4 Å². The van der Waals surface area contributed by atoms with E-state index in [4.69, 9.17) is 5.73 Å². The van der Waals surface area contributed by atoms with E-state index in [2.05, 4.69) is 4.74 Å². The fourth-order valence-electron chi connectivity index (χ4n) is 2.05. The number of halogens is 3. The summed E-state index contributed by atoms with van der Waals surface area (Å²) in [6.45, 7) is -1.60. The van der Waals surface area contributed by atoms with Gasteiger partial charge in [0.05, 0.1) is 0 Å². The van der Waals surface area contributed by atoms with Crippen molar-refractivity contribution in [3.8, 4) is 0 Å². The molecule has 104 valence electrons. The number of nitrogens with two attached hydrogens (primary N) is 1. The molecule has 0 aromatic heterocycles. The van der Waals surface area contributed by atoms with Gasteiger partial charge in [0.2, 0.25) is 0 Å². The Morgan fingerprint density at radius 1 is 1.42 bits per heavy atom. The number of anilines is 2. The number of fused-ring (bicyclic) bond motifs is 1. The molecule has 1 amide bonds. The largest absolute Gasteiger partial charge is 0.411 e. The molecule has 0 saturated carbocycles. The fourth-order valence-corrected chi connectivity index (χ4v) is 2.05. The number of benzene rings is 1. The molecule has 4 nitrogen and oxygen atoms in total. The highest BCUT2D eigenvalue weighted by Crippen LogP contribution is 2.32. The van der Waals surface area contributed by atoms with Gasteiger partial charge >= 0.3 is 6.18 Å². The molecular formula is C12H13F3N2O2. The van der Waals surface area contributed by atoms with Crippen molar-refractivity contribution in [2.24, 2.45) is 0 Å². The van der Waals surface area contributed by atoms with Gasteiger partial charge in [-0.15, -0.1) is 0 Å². The summed E-state index contributed by atoms with van der Waals surface area (Å²) in [4.78, 5) is 13.2. The minimum absolute atomic E-state index is 0.414. The van der Waals surface area contributed by atoms with Crippen molar-refractivity contribution < 1.29 is 22.7 Å². The number of nitrogens with zero attached hydrogens (tertiary/aromatic N) is 1. The summed E-state index contributed by atoms with van der Waals surface area (Å²) in [7, 11) is 0. The molecule has 1 aromatic carbocycles. The highest BCUT2D eigenvalue weighted by molar-refractivity contribution is 5.97. The zero-order valence-corrected chi connectivity index (χ0v) is 10.0. The van der Waals surface area contributed by atoms with Crippen LogP contribution in [0.15, 0.2) is 18.2 Å². The molecule has 0 atom stereocenters. The number of carbonyl (C=O) groups is 1. The number of carbonyl (C=O) groups excluding carboxylic acids is 1. The maximum Gasteiger partial charge on any atom is 0.411 e. The van der Waals surface area contributed by atoms with E-state index in [1.807, 2.05) is 0 Å². The van der Waals surface area contributed by atoms with E-state index in [0.717, 1.165) is 5.56 Å². The normalized spacial score (nSPS) is 14.6. The number of amides is 1. The molecule has 7 heteroatoms. The topological polar surface area (TPSA) is 55.6 Å². The van der Waals surface area contributed by atoms with Gasteiger partial charge in [0, 0.05) is 23.5 Å². The number of hydrogen-bond acceptors (Lipinski definition) is 3. The van der Waals surface area contributed by atoms with E-state index in [9.17, 15) is 18.0 Å². The monoisotopic (exact) mass is 274 g/mol. The van der Waals surface area contributed by atoms with Crippen molar-refractivity contribution in [2.75, 3.05) is 30.4 Å². The van der Waals surface area contributed by atoms with Crippen LogP contribution in [0.1, 0.15) is 5.56 Å². The van der Waals surface area contributed by atoms with E-state index < -0.39 is 25.3 Å². The Kier molecular flexibility index (Phi) is 3.66. The van der Waals surface area contributed by atoms with Crippen LogP contribution >= 0.6 is 0 Å². The summed E-state index contributed by atoms with van der Waals surface area (Å²) in [5.74, 6) is -0.492. The lowest BCUT2D eigenvalue weighted by Gasteiger charge is -2.17. The maximum absolute atomic E-state index is 11.9. The Labute approximate surface area is 107 Å². The molecule has 0 aliphatic carbocycles. The number of nitrogen functional groups attached to an aromatic ring is 1. The molecule has 1 aliphatic rings. The van der Waals surface area contributed by atoms with Gasteiger partial charge in [-0.05, 0) is 18.6 Å². The predicted molar refractivity (Wildman–Crippen MR) is 63.8 cm³/mol. The SMILES string of the molecule is Nc1cccc2c1CCN2C(=O)COCC(F)(F)F. The highest BCUT2D eigenvalue weighted by atomic mass is 19.4. The molecule has 2 N–H and O–H groups in total. The van der Waals surface area contributed by atoms with Crippen molar-refractivity contribution in [3.63, 3.8) is 0 Å². The first-order valence-corrected chi connectivity index (χ1v) is 5.71. The van der Waals surface area contributed by atoms with Crippen molar-refractivity contribution in [1.82, 2.24) is 0 Å². The molecule has 0 fully saturated rings. The Balaban J connectivity index is 1.98. The second-order valence-electron chi connectivity index (χ2n) is 4.25. The quantitative estimate of drug-likeness (QED) is 0.854. The van der Waals surface area contributed by atoms with Crippen LogP contribution in [0, 0.1) is 0 Å². The molecular weight excluding hydrogens is 261 g/mol. The van der Waals surface area contributed by atoms with Gasteiger partial charge in [0.1, 0.15) is 13.2 Å². The van der Waals surface area contributed by atoms with Crippen molar-refractivity contribution >= 4 is 17.3 Å². The third kappa shape index (κ3) is 3.17. The molecule has 1 heterocycles. The van der Waals surface area contributed by atoms with Gasteiger partial charge in [-0.25, -0.2) is 0 Å². The van der Waals surface area contributed by atoms with Crippen LogP contribution in [-0.4, -0.2) is 31.8 Å². The summed E-state index contributed by atoms with van der Waals surface area (Å²) in [6.07, 6.45) is -3.82. The van der Waals surface area contributed by atoms with Gasteiger partial charge in [-0.1, -0.05) is 6.07 Å². The molecule has 1 aromatic rings. The molecule has 0 unspecified atom stereocenters. The van der Waals surface area contributed by atoms with Crippen LogP contribution in [0.2, 0.25) is 0 Å². The average Bonchev–Trinajstić information content (AvgIpc) is 2.72. The van der Waals surface area contributed by atoms with Gasteiger partial charge in [0.15, 0.2) is 0 Å². The van der Waals surface area contributed by atoms with Gasteiger partial charge in [-0.2, -0.15) is 13.2 Å². The molecule has 0 radical (unpaired) electrons. The fraction of sp³-hybridized carbons (Fsp3) is 0.417. The Hall–Kier alpha value is -1.76. The van der Waals surface area contributed by atoms with Crippen molar-refractivity contribution in [2.45, 2.75) is 12.6 Å². The molecule has 0 bridgehead atoms. The van der Waals surface area contributed by atoms with E-state index in [1.54, 1.807) is 18.2 Å². The van der Waals surface area contributed by atoms with Crippen LogP contribution in [0.3, 0.4) is 0 Å². The maximum atomic E-state index is 11.9. The van der Waals surface area contributed by atoms with Gasteiger partial charge in [0.25, 0.3) is 5.91 Å². The average molecular weight is 274 g/mol. The predicted octanol–water partition coefficient (Wildman–Crippen LogP) is 1.74. The minimum atomic E-state index is -4.42. The summed E-state index contributed by atoms with van der Waals surface area (Å²) < 4.78 is 40.1. The Morgan fingerprint density at radius 2 is 2.16 bits per heavy atom. The lowest BCUT2D eigenvalue weighted by atomic mass is 10.1. The standard InChI is InChI=1S/C12H13F3N2O2/c13-12(14,15)7-19-6-11(18)17-5-4-8-9(16)2-1-3-10(8)17/h1-3H,4-7,16H2. The first-order chi connectivity index (χ1) is 8.88. The van der Waals surface area contributed by atoms with Crippen LogP contribution in [0.4, 0.5) is 24.5 Å². The summed E-state index contributed by atoms with van der Waals surface area (Å²) in [6, 6.07) is 5.16. The molecule has 2 rings (SSSR count).